The average molecular weight is 292 g/mol. The first-order valence-corrected chi connectivity index (χ1v) is 6.97. The number of benzene rings is 1. The largest absolute Gasteiger partial charge is 0.395 e. The van der Waals surface area contributed by atoms with Crippen molar-refractivity contribution in [1.82, 2.24) is 9.97 Å². The molecular formula is C15H18ClN3O. The van der Waals surface area contributed by atoms with Crippen LogP contribution in [0.1, 0.15) is 13.8 Å². The van der Waals surface area contributed by atoms with Gasteiger partial charge in [-0.2, -0.15) is 0 Å². The first-order chi connectivity index (χ1) is 9.61. The molecule has 0 fully saturated rings. The standard InChI is InChI=1S/C15H18ClN3O/c1-11(2)19(8-9-20)14-10-13(16)17-15(18-14)12-6-4-3-5-7-12/h3-7,10-11,20H,8-9H2,1-2H3. The number of nitrogens with zero attached hydrogens (tertiary/aromatic N) is 3. The van der Waals surface area contributed by atoms with Gasteiger partial charge in [0.05, 0.1) is 6.61 Å². The SMILES string of the molecule is CC(C)N(CCO)c1cc(Cl)nc(-c2ccccc2)n1. The zero-order valence-corrected chi connectivity index (χ0v) is 12.4. The molecule has 1 aromatic heterocycles. The Labute approximate surface area is 124 Å². The van der Waals surface area contributed by atoms with Crippen LogP contribution in [0.2, 0.25) is 5.15 Å². The van der Waals surface area contributed by atoms with Crippen LogP contribution >= 0.6 is 11.6 Å². The number of aromatic nitrogens is 2. The highest BCUT2D eigenvalue weighted by molar-refractivity contribution is 6.29. The van der Waals surface area contributed by atoms with Crippen LogP contribution in [0.15, 0.2) is 36.4 Å². The van der Waals surface area contributed by atoms with Crippen molar-refractivity contribution in [3.05, 3.63) is 41.6 Å². The van der Waals surface area contributed by atoms with Crippen LogP contribution in [0.25, 0.3) is 11.4 Å². The number of hydrogen-bond donors (Lipinski definition) is 1. The maximum Gasteiger partial charge on any atom is 0.163 e. The van der Waals surface area contributed by atoms with Gasteiger partial charge in [0, 0.05) is 24.2 Å². The molecule has 0 unspecified atom stereocenters. The minimum Gasteiger partial charge on any atom is -0.395 e. The highest BCUT2D eigenvalue weighted by Crippen LogP contribution is 2.23. The molecule has 0 aliphatic rings. The van der Waals surface area contributed by atoms with Crippen molar-refractivity contribution in [2.75, 3.05) is 18.1 Å². The molecule has 1 aromatic carbocycles. The molecule has 0 radical (unpaired) electrons. The van der Waals surface area contributed by atoms with E-state index in [-0.39, 0.29) is 12.6 Å². The smallest absolute Gasteiger partial charge is 0.163 e. The summed E-state index contributed by atoms with van der Waals surface area (Å²) in [6, 6.07) is 11.7. The van der Waals surface area contributed by atoms with Crippen molar-refractivity contribution < 1.29 is 5.11 Å². The third-order valence-corrected chi connectivity index (χ3v) is 3.17. The summed E-state index contributed by atoms with van der Waals surface area (Å²) in [7, 11) is 0. The Morgan fingerprint density at radius 2 is 1.90 bits per heavy atom. The van der Waals surface area contributed by atoms with Gasteiger partial charge in [0.25, 0.3) is 0 Å². The first-order valence-electron chi connectivity index (χ1n) is 6.59. The summed E-state index contributed by atoms with van der Waals surface area (Å²) in [6.07, 6.45) is 0. The van der Waals surface area contributed by atoms with E-state index in [0.717, 1.165) is 11.4 Å². The molecule has 0 aliphatic carbocycles. The van der Waals surface area contributed by atoms with Gasteiger partial charge in [-0.15, -0.1) is 0 Å². The van der Waals surface area contributed by atoms with E-state index in [9.17, 15) is 5.11 Å². The predicted octanol–water partition coefficient (Wildman–Crippen LogP) is 3.00. The van der Waals surface area contributed by atoms with Gasteiger partial charge in [0.1, 0.15) is 11.0 Å². The molecular weight excluding hydrogens is 274 g/mol. The molecule has 2 aromatic rings. The minimum absolute atomic E-state index is 0.0699. The van der Waals surface area contributed by atoms with Crippen molar-refractivity contribution in [2.24, 2.45) is 0 Å². The molecule has 0 atom stereocenters. The molecule has 0 amide bonds. The topological polar surface area (TPSA) is 49.2 Å². The monoisotopic (exact) mass is 291 g/mol. The second kappa shape index (κ2) is 6.68. The molecule has 0 aliphatic heterocycles. The van der Waals surface area contributed by atoms with Crippen LogP contribution in [0, 0.1) is 0 Å². The summed E-state index contributed by atoms with van der Waals surface area (Å²) in [6.45, 7) is 4.68. The Balaban J connectivity index is 2.43. The van der Waals surface area contributed by atoms with E-state index >= 15 is 0 Å². The summed E-state index contributed by atoms with van der Waals surface area (Å²) < 4.78 is 0. The van der Waals surface area contributed by atoms with Crippen LogP contribution in [0.4, 0.5) is 5.82 Å². The summed E-state index contributed by atoms with van der Waals surface area (Å²) in [4.78, 5) is 10.8. The van der Waals surface area contributed by atoms with E-state index in [2.05, 4.69) is 9.97 Å². The van der Waals surface area contributed by atoms with Crippen molar-refractivity contribution in [3.63, 3.8) is 0 Å². The lowest BCUT2D eigenvalue weighted by atomic mass is 10.2. The van der Waals surface area contributed by atoms with Crippen molar-refractivity contribution in [2.45, 2.75) is 19.9 Å². The van der Waals surface area contributed by atoms with Crippen molar-refractivity contribution in [1.29, 1.82) is 0 Å². The Hall–Kier alpha value is -1.65. The molecule has 106 valence electrons. The molecule has 4 nitrogen and oxygen atoms in total. The number of aliphatic hydroxyl groups excluding tert-OH is 1. The second-order valence-electron chi connectivity index (χ2n) is 4.75. The van der Waals surface area contributed by atoms with E-state index in [0.29, 0.717) is 17.5 Å². The molecule has 2 rings (SSSR count). The number of aliphatic hydroxyl groups is 1. The van der Waals surface area contributed by atoms with Gasteiger partial charge in [-0.3, -0.25) is 0 Å². The maximum absolute atomic E-state index is 9.18. The second-order valence-corrected chi connectivity index (χ2v) is 5.14. The zero-order chi connectivity index (χ0) is 14.5. The lowest BCUT2D eigenvalue weighted by molar-refractivity contribution is 0.298. The maximum atomic E-state index is 9.18. The van der Waals surface area contributed by atoms with E-state index < -0.39 is 0 Å². The third kappa shape index (κ3) is 3.46. The van der Waals surface area contributed by atoms with Gasteiger partial charge < -0.3 is 10.0 Å². The summed E-state index contributed by atoms with van der Waals surface area (Å²) in [5, 5.41) is 9.58. The van der Waals surface area contributed by atoms with Gasteiger partial charge in [0.2, 0.25) is 0 Å². The van der Waals surface area contributed by atoms with Crippen LogP contribution in [0.3, 0.4) is 0 Å². The molecule has 5 heteroatoms. The fraction of sp³-hybridized carbons (Fsp3) is 0.333. The number of hydrogen-bond acceptors (Lipinski definition) is 4. The quantitative estimate of drug-likeness (QED) is 0.861. The molecule has 0 saturated heterocycles. The predicted molar refractivity (Wildman–Crippen MR) is 82.0 cm³/mol. The van der Waals surface area contributed by atoms with E-state index in [1.54, 1.807) is 6.07 Å². The Bertz CT molecular complexity index is 560. The fourth-order valence-corrected chi connectivity index (χ4v) is 2.19. The summed E-state index contributed by atoms with van der Waals surface area (Å²) in [5.74, 6) is 1.32. The van der Waals surface area contributed by atoms with Crippen LogP contribution in [-0.2, 0) is 0 Å². The fourth-order valence-electron chi connectivity index (χ4n) is 2.01. The number of anilines is 1. The number of halogens is 1. The molecule has 20 heavy (non-hydrogen) atoms. The molecule has 1 heterocycles. The third-order valence-electron chi connectivity index (χ3n) is 2.97. The van der Waals surface area contributed by atoms with Crippen LogP contribution in [0.5, 0.6) is 0 Å². The highest BCUT2D eigenvalue weighted by atomic mass is 35.5. The highest BCUT2D eigenvalue weighted by Gasteiger charge is 2.14. The van der Waals surface area contributed by atoms with Crippen molar-refractivity contribution >= 4 is 17.4 Å². The first kappa shape index (κ1) is 14.8. The van der Waals surface area contributed by atoms with Gasteiger partial charge in [-0.25, -0.2) is 9.97 Å². The number of rotatable bonds is 5. The van der Waals surface area contributed by atoms with E-state index in [1.807, 2.05) is 49.1 Å². The normalized spacial score (nSPS) is 10.8. The zero-order valence-electron chi connectivity index (χ0n) is 11.6. The lowest BCUT2D eigenvalue weighted by Crippen LogP contribution is -2.34. The van der Waals surface area contributed by atoms with Crippen molar-refractivity contribution in [3.8, 4) is 11.4 Å². The van der Waals surface area contributed by atoms with Gasteiger partial charge >= 0.3 is 0 Å². The van der Waals surface area contributed by atoms with Gasteiger partial charge in [0.15, 0.2) is 5.82 Å². The van der Waals surface area contributed by atoms with E-state index in [1.165, 1.54) is 0 Å². The average Bonchev–Trinajstić information content (AvgIpc) is 2.44. The minimum atomic E-state index is 0.0699. The molecule has 1 N–H and O–H groups in total. The Morgan fingerprint density at radius 3 is 2.50 bits per heavy atom. The van der Waals surface area contributed by atoms with E-state index in [4.69, 9.17) is 11.6 Å². The molecule has 0 spiro atoms. The van der Waals surface area contributed by atoms with Crippen LogP contribution < -0.4 is 4.90 Å². The molecule has 0 bridgehead atoms. The Morgan fingerprint density at radius 1 is 1.20 bits per heavy atom. The summed E-state index contributed by atoms with van der Waals surface area (Å²) >= 11 is 6.11. The van der Waals surface area contributed by atoms with Gasteiger partial charge in [-0.1, -0.05) is 41.9 Å². The molecule has 0 saturated carbocycles. The van der Waals surface area contributed by atoms with Crippen LogP contribution in [-0.4, -0.2) is 34.3 Å². The van der Waals surface area contributed by atoms with Gasteiger partial charge in [-0.05, 0) is 13.8 Å². The Kier molecular flexibility index (Phi) is 4.93. The lowest BCUT2D eigenvalue weighted by Gasteiger charge is -2.27. The summed E-state index contributed by atoms with van der Waals surface area (Å²) in [5.41, 5.74) is 0.920.